The molecule has 1 fully saturated rings. The van der Waals surface area contributed by atoms with E-state index in [1.807, 2.05) is 4.90 Å². The Morgan fingerprint density at radius 2 is 1.89 bits per heavy atom. The molecule has 0 radical (unpaired) electrons. The number of amides is 1. The number of piperidine rings is 1. The third-order valence-electron chi connectivity index (χ3n) is 5.51. The summed E-state index contributed by atoms with van der Waals surface area (Å²) in [6.07, 6.45) is 1.95. The van der Waals surface area contributed by atoms with E-state index in [1.54, 1.807) is 32.1 Å². The lowest BCUT2D eigenvalue weighted by molar-refractivity contribution is -0.131. The number of benzene rings is 1. The van der Waals surface area contributed by atoms with E-state index in [0.29, 0.717) is 19.5 Å². The maximum absolute atomic E-state index is 12.7. The molecule has 3 rings (SSSR count). The molecule has 0 N–H and O–H groups in total. The molecule has 27 heavy (non-hydrogen) atoms. The van der Waals surface area contributed by atoms with Crippen molar-refractivity contribution in [1.29, 1.82) is 0 Å². The lowest BCUT2D eigenvalue weighted by atomic mass is 9.98. The van der Waals surface area contributed by atoms with Gasteiger partial charge in [0.15, 0.2) is 9.84 Å². The summed E-state index contributed by atoms with van der Waals surface area (Å²) in [5.74, 6) is 0.524. The van der Waals surface area contributed by atoms with Gasteiger partial charge < -0.3 is 4.90 Å². The van der Waals surface area contributed by atoms with Gasteiger partial charge in [-0.15, -0.1) is 11.3 Å². The minimum atomic E-state index is -3.11. The van der Waals surface area contributed by atoms with Crippen LogP contribution in [-0.2, 0) is 21.1 Å². The first-order valence-corrected chi connectivity index (χ1v) is 12.1. The zero-order valence-corrected chi connectivity index (χ0v) is 18.3. The van der Waals surface area contributed by atoms with E-state index in [9.17, 15) is 13.2 Å². The molecule has 1 aliphatic heterocycles. The summed E-state index contributed by atoms with van der Waals surface area (Å²) in [7, 11) is -3.11. The van der Waals surface area contributed by atoms with Gasteiger partial charge in [-0.1, -0.05) is 6.07 Å². The normalized spacial score (nSPS) is 16.8. The van der Waals surface area contributed by atoms with Gasteiger partial charge in [-0.3, -0.25) is 4.79 Å². The molecular weight excluding hydrogens is 378 g/mol. The highest BCUT2D eigenvalue weighted by Crippen LogP contribution is 2.28. The van der Waals surface area contributed by atoms with Gasteiger partial charge in [0, 0.05) is 17.8 Å². The quantitative estimate of drug-likeness (QED) is 0.763. The van der Waals surface area contributed by atoms with Gasteiger partial charge in [-0.25, -0.2) is 8.42 Å². The van der Waals surface area contributed by atoms with Crippen LogP contribution in [0.5, 0.6) is 0 Å². The fourth-order valence-electron chi connectivity index (χ4n) is 3.64. The van der Waals surface area contributed by atoms with Crippen LogP contribution in [0.1, 0.15) is 44.7 Å². The third kappa shape index (κ3) is 4.54. The van der Waals surface area contributed by atoms with E-state index in [-0.39, 0.29) is 17.6 Å². The van der Waals surface area contributed by atoms with E-state index in [0.717, 1.165) is 18.4 Å². The van der Waals surface area contributed by atoms with Crippen molar-refractivity contribution in [3.8, 4) is 0 Å². The monoisotopic (exact) mass is 407 g/mol. The van der Waals surface area contributed by atoms with Gasteiger partial charge in [-0.2, -0.15) is 0 Å². The minimum absolute atomic E-state index is 0.140. The first kappa shape index (κ1) is 20.3. The number of hydrogen-bond acceptors (Lipinski definition) is 4. The Labute approximate surface area is 166 Å². The smallest absolute Gasteiger partial charge is 0.226 e. The molecule has 0 bridgehead atoms. The Hall–Kier alpha value is -1.40. The summed E-state index contributed by atoms with van der Waals surface area (Å²) in [5.41, 5.74) is 2.28. The van der Waals surface area contributed by atoms with Gasteiger partial charge in [0.2, 0.25) is 5.91 Å². The fraction of sp³-hybridized carbons (Fsp3) is 0.571. The third-order valence-corrected chi connectivity index (χ3v) is 9.35. The lowest BCUT2D eigenvalue weighted by Gasteiger charge is -2.33. The van der Waals surface area contributed by atoms with Crippen LogP contribution in [0.3, 0.4) is 0 Å². The number of aryl methyl sites for hydroxylation is 1. The van der Waals surface area contributed by atoms with Crippen LogP contribution in [0.4, 0.5) is 0 Å². The summed E-state index contributed by atoms with van der Waals surface area (Å²) in [6.45, 7) is 8.67. The molecule has 1 saturated heterocycles. The van der Waals surface area contributed by atoms with Crippen LogP contribution < -0.4 is 0 Å². The highest BCUT2D eigenvalue weighted by atomic mass is 32.2. The largest absolute Gasteiger partial charge is 0.342 e. The van der Waals surface area contributed by atoms with Crippen molar-refractivity contribution in [2.24, 2.45) is 5.92 Å². The summed E-state index contributed by atoms with van der Waals surface area (Å²) in [6, 6.07) is 6.32. The number of fused-ring (bicyclic) bond motifs is 1. The molecule has 6 heteroatoms. The van der Waals surface area contributed by atoms with E-state index in [4.69, 9.17) is 0 Å². The molecule has 1 aromatic carbocycles. The van der Waals surface area contributed by atoms with Crippen molar-refractivity contribution in [3.05, 3.63) is 34.7 Å². The average molecular weight is 408 g/mol. The predicted octanol–water partition coefficient (Wildman–Crippen LogP) is 4.20. The summed E-state index contributed by atoms with van der Waals surface area (Å²) < 4.78 is 25.4. The number of carbonyl (C=O) groups excluding carboxylic acids is 1. The molecule has 1 aliphatic rings. The fourth-order valence-corrected chi connectivity index (χ4v) is 5.95. The molecule has 1 amide bonds. The minimum Gasteiger partial charge on any atom is -0.342 e. The van der Waals surface area contributed by atoms with Crippen molar-refractivity contribution in [2.75, 3.05) is 18.8 Å². The van der Waals surface area contributed by atoms with Crippen molar-refractivity contribution in [1.82, 2.24) is 4.90 Å². The Morgan fingerprint density at radius 3 is 2.52 bits per heavy atom. The number of nitrogens with zero attached hydrogens (tertiary/aromatic N) is 1. The average Bonchev–Trinajstić information content (AvgIpc) is 3.03. The van der Waals surface area contributed by atoms with E-state index < -0.39 is 14.6 Å². The number of thiophene rings is 1. The molecule has 0 spiro atoms. The lowest BCUT2D eigenvalue weighted by Crippen LogP contribution is -2.42. The standard InChI is InChI=1S/C21H29NO3S2/c1-15-11-17(12-18-7-10-26-20(15)18)13-19(23)22-8-5-16(6-9-22)14-27(24,25)21(2,3)4/h7,10-12,16H,5-6,8-9,13-14H2,1-4H3. The second kappa shape index (κ2) is 7.55. The van der Waals surface area contributed by atoms with E-state index >= 15 is 0 Å². The molecule has 0 unspecified atom stereocenters. The zero-order valence-electron chi connectivity index (χ0n) is 16.6. The van der Waals surface area contributed by atoms with Crippen LogP contribution in [0.25, 0.3) is 10.1 Å². The van der Waals surface area contributed by atoms with Gasteiger partial charge in [-0.05, 0) is 80.5 Å². The Morgan fingerprint density at radius 1 is 1.22 bits per heavy atom. The van der Waals surface area contributed by atoms with Crippen LogP contribution >= 0.6 is 11.3 Å². The number of carbonyl (C=O) groups is 1. The number of sulfone groups is 1. The molecule has 0 saturated carbocycles. The molecule has 0 aliphatic carbocycles. The zero-order chi connectivity index (χ0) is 19.8. The molecule has 2 heterocycles. The van der Waals surface area contributed by atoms with Crippen molar-refractivity contribution in [3.63, 3.8) is 0 Å². The van der Waals surface area contributed by atoms with Gasteiger partial charge in [0.25, 0.3) is 0 Å². The molecule has 0 atom stereocenters. The van der Waals surface area contributed by atoms with Gasteiger partial charge >= 0.3 is 0 Å². The Kier molecular flexibility index (Phi) is 5.69. The first-order valence-electron chi connectivity index (χ1n) is 9.53. The first-order chi connectivity index (χ1) is 12.6. The Balaban J connectivity index is 1.58. The Bertz CT molecular complexity index is 930. The van der Waals surface area contributed by atoms with Crippen LogP contribution in [-0.4, -0.2) is 42.8 Å². The van der Waals surface area contributed by atoms with Crippen molar-refractivity contribution >= 4 is 37.2 Å². The molecule has 4 nitrogen and oxygen atoms in total. The topological polar surface area (TPSA) is 54.5 Å². The molecule has 148 valence electrons. The molecular formula is C21H29NO3S2. The summed E-state index contributed by atoms with van der Waals surface area (Å²) >= 11 is 1.73. The summed E-state index contributed by atoms with van der Waals surface area (Å²) in [4.78, 5) is 14.6. The van der Waals surface area contributed by atoms with Crippen molar-refractivity contribution in [2.45, 2.75) is 51.7 Å². The highest BCUT2D eigenvalue weighted by molar-refractivity contribution is 7.92. The maximum atomic E-state index is 12.7. The predicted molar refractivity (Wildman–Crippen MR) is 113 cm³/mol. The number of rotatable bonds is 4. The van der Waals surface area contributed by atoms with Crippen LogP contribution in [0, 0.1) is 12.8 Å². The van der Waals surface area contributed by atoms with Gasteiger partial charge in [0.05, 0.1) is 16.9 Å². The van der Waals surface area contributed by atoms with Crippen LogP contribution in [0.15, 0.2) is 23.6 Å². The molecule has 2 aromatic rings. The number of hydrogen-bond donors (Lipinski definition) is 0. The molecule has 1 aromatic heterocycles. The van der Waals surface area contributed by atoms with Gasteiger partial charge in [0.1, 0.15) is 0 Å². The van der Waals surface area contributed by atoms with Crippen LogP contribution in [0.2, 0.25) is 0 Å². The number of likely N-dealkylation sites (tertiary alicyclic amines) is 1. The SMILES string of the molecule is Cc1cc(CC(=O)N2CCC(CS(=O)(=O)C(C)(C)C)CC2)cc2ccsc12. The summed E-state index contributed by atoms with van der Waals surface area (Å²) in [5, 5.41) is 3.29. The second-order valence-electron chi connectivity index (χ2n) is 8.65. The van der Waals surface area contributed by atoms with Crippen molar-refractivity contribution < 1.29 is 13.2 Å². The second-order valence-corrected chi connectivity index (χ2v) is 12.4. The van der Waals surface area contributed by atoms with E-state index in [2.05, 4.69) is 30.5 Å². The van der Waals surface area contributed by atoms with E-state index in [1.165, 1.54) is 15.6 Å². The highest BCUT2D eigenvalue weighted by Gasteiger charge is 2.33. The maximum Gasteiger partial charge on any atom is 0.226 e.